The van der Waals surface area contributed by atoms with Crippen molar-refractivity contribution in [1.82, 2.24) is 0 Å². The number of amidine groups is 2. The number of hydrogen-bond donors (Lipinski definition) is 2. The molecule has 0 aromatic heterocycles. The molecule has 6 nitrogen and oxygen atoms in total. The Kier molecular flexibility index (Phi) is 14.3. The minimum absolute atomic E-state index is 0. The lowest BCUT2D eigenvalue weighted by Gasteiger charge is -2.37. The Bertz CT molecular complexity index is 1000. The second-order valence-electron chi connectivity index (χ2n) is 12.1. The summed E-state index contributed by atoms with van der Waals surface area (Å²) in [7, 11) is 0. The minimum Gasteiger partial charge on any atom is -0.383 e. The van der Waals surface area contributed by atoms with Gasteiger partial charge in [0.05, 0.1) is 12.1 Å². The van der Waals surface area contributed by atoms with Gasteiger partial charge in [0, 0.05) is 48.7 Å². The minimum atomic E-state index is 0. The summed E-state index contributed by atoms with van der Waals surface area (Å²) in [6.45, 7) is 3.99. The first-order valence-electron chi connectivity index (χ1n) is 16.0. The van der Waals surface area contributed by atoms with E-state index < -0.39 is 0 Å². The van der Waals surface area contributed by atoms with Crippen molar-refractivity contribution in [1.29, 1.82) is 0 Å². The predicted octanol–water partition coefficient (Wildman–Crippen LogP) is 7.49. The summed E-state index contributed by atoms with van der Waals surface area (Å²) in [5.41, 5.74) is 17.5. The van der Waals surface area contributed by atoms with Crippen molar-refractivity contribution in [2.75, 3.05) is 36.0 Å². The van der Waals surface area contributed by atoms with E-state index in [1.165, 1.54) is 101 Å². The fraction of sp³-hybridized carbons (Fsp3) is 0.588. The van der Waals surface area contributed by atoms with Gasteiger partial charge in [-0.25, -0.2) is 0 Å². The molecule has 5 rings (SSSR count). The molecule has 4 N–H and O–H groups in total. The first-order chi connectivity index (χ1) is 19.7. The van der Waals surface area contributed by atoms with Gasteiger partial charge in [-0.05, 0) is 74.2 Å². The second kappa shape index (κ2) is 17.6. The summed E-state index contributed by atoms with van der Waals surface area (Å²) in [4.78, 5) is 14.7. The zero-order valence-electron chi connectivity index (χ0n) is 25.3. The van der Waals surface area contributed by atoms with Crippen LogP contribution in [-0.4, -0.2) is 49.9 Å². The molecule has 2 aromatic carbocycles. The normalized spacial score (nSPS) is 20.4. The molecule has 0 amide bonds. The Balaban J connectivity index is 0.00000242. The largest absolute Gasteiger partial charge is 0.383 e. The van der Waals surface area contributed by atoms with Gasteiger partial charge in [-0.3, -0.25) is 9.98 Å². The molecule has 2 saturated carbocycles. The molecule has 0 spiro atoms. The molecule has 42 heavy (non-hydrogen) atoms. The molecule has 0 atom stereocenters. The van der Waals surface area contributed by atoms with Crippen LogP contribution in [0.15, 0.2) is 58.5 Å². The van der Waals surface area contributed by atoms with Gasteiger partial charge in [-0.1, -0.05) is 64.2 Å². The van der Waals surface area contributed by atoms with E-state index in [9.17, 15) is 0 Å². The SMILES string of the molecule is Cl.Cl.NC(=NC1CCCCCCC1)c1ccc(N2CCN(c3ccc(C(N)=NC4CCCCCCC4)cc3)CC2)cc1. The maximum absolute atomic E-state index is 6.43. The summed E-state index contributed by atoms with van der Waals surface area (Å²) in [5, 5.41) is 0. The molecule has 1 heterocycles. The predicted molar refractivity (Wildman–Crippen MR) is 185 cm³/mol. The van der Waals surface area contributed by atoms with Crippen molar-refractivity contribution < 1.29 is 0 Å². The monoisotopic (exact) mass is 614 g/mol. The molecular formula is C34H52Cl2N6. The lowest BCUT2D eigenvalue weighted by atomic mass is 9.97. The topological polar surface area (TPSA) is 83.2 Å². The molecule has 232 valence electrons. The van der Waals surface area contributed by atoms with Crippen LogP contribution in [0.1, 0.15) is 101 Å². The van der Waals surface area contributed by atoms with E-state index in [4.69, 9.17) is 21.5 Å². The molecule has 3 aliphatic rings. The highest BCUT2D eigenvalue weighted by atomic mass is 35.5. The third-order valence-corrected chi connectivity index (χ3v) is 9.13. The molecule has 0 radical (unpaired) electrons. The fourth-order valence-corrected chi connectivity index (χ4v) is 6.58. The van der Waals surface area contributed by atoms with E-state index >= 15 is 0 Å². The van der Waals surface area contributed by atoms with E-state index in [1.807, 2.05) is 0 Å². The lowest BCUT2D eigenvalue weighted by molar-refractivity contribution is 0.455. The van der Waals surface area contributed by atoms with E-state index in [1.54, 1.807) is 0 Å². The highest BCUT2D eigenvalue weighted by Gasteiger charge is 2.19. The van der Waals surface area contributed by atoms with Gasteiger partial charge in [-0.2, -0.15) is 0 Å². The Morgan fingerprint density at radius 3 is 1.07 bits per heavy atom. The number of nitrogens with two attached hydrogens (primary N) is 2. The van der Waals surface area contributed by atoms with Crippen LogP contribution < -0.4 is 21.3 Å². The van der Waals surface area contributed by atoms with Crippen LogP contribution in [0.3, 0.4) is 0 Å². The van der Waals surface area contributed by atoms with Gasteiger partial charge < -0.3 is 21.3 Å². The van der Waals surface area contributed by atoms with Crippen LogP contribution in [0.4, 0.5) is 11.4 Å². The number of rotatable bonds is 6. The molecule has 0 bridgehead atoms. The van der Waals surface area contributed by atoms with Crippen LogP contribution in [0, 0.1) is 0 Å². The molecule has 1 aliphatic heterocycles. The lowest BCUT2D eigenvalue weighted by Crippen LogP contribution is -2.46. The van der Waals surface area contributed by atoms with Gasteiger partial charge >= 0.3 is 0 Å². The first-order valence-corrected chi connectivity index (χ1v) is 16.0. The van der Waals surface area contributed by atoms with Gasteiger partial charge in [0.1, 0.15) is 11.7 Å². The van der Waals surface area contributed by atoms with Crippen LogP contribution in [0.5, 0.6) is 0 Å². The summed E-state index contributed by atoms with van der Waals surface area (Å²) >= 11 is 0. The fourth-order valence-electron chi connectivity index (χ4n) is 6.58. The van der Waals surface area contributed by atoms with Gasteiger partial charge in [0.25, 0.3) is 0 Å². The number of benzene rings is 2. The van der Waals surface area contributed by atoms with Gasteiger partial charge in [0.15, 0.2) is 0 Å². The van der Waals surface area contributed by atoms with Crippen molar-refractivity contribution >= 4 is 47.9 Å². The summed E-state index contributed by atoms with van der Waals surface area (Å²) in [6.07, 6.45) is 17.9. The van der Waals surface area contributed by atoms with Crippen molar-refractivity contribution in [3.63, 3.8) is 0 Å². The molecule has 1 saturated heterocycles. The Morgan fingerprint density at radius 1 is 0.476 bits per heavy atom. The Hall–Kier alpha value is -2.44. The third-order valence-electron chi connectivity index (χ3n) is 9.13. The molecule has 0 unspecified atom stereocenters. The van der Waals surface area contributed by atoms with Crippen LogP contribution in [0.25, 0.3) is 0 Å². The van der Waals surface area contributed by atoms with Gasteiger partial charge in [-0.15, -0.1) is 24.8 Å². The average Bonchev–Trinajstić information content (AvgIpc) is 2.96. The summed E-state index contributed by atoms with van der Waals surface area (Å²) in [5.74, 6) is 1.39. The second-order valence-corrected chi connectivity index (χ2v) is 12.1. The summed E-state index contributed by atoms with van der Waals surface area (Å²) in [6, 6.07) is 18.2. The van der Waals surface area contributed by atoms with Crippen LogP contribution in [0.2, 0.25) is 0 Å². The maximum atomic E-state index is 6.43. The maximum Gasteiger partial charge on any atom is 0.125 e. The molecular weight excluding hydrogens is 563 g/mol. The zero-order valence-corrected chi connectivity index (χ0v) is 26.9. The van der Waals surface area contributed by atoms with E-state index in [-0.39, 0.29) is 24.8 Å². The average molecular weight is 616 g/mol. The standard InChI is InChI=1S/C34H50N6.2ClH/c35-33(37-29-11-7-3-1-4-8-12-29)27-15-19-31(20-16-27)39-23-25-40(26-24-39)32-21-17-28(18-22-32)34(36)38-30-13-9-5-2-6-10-14-30;;/h15-22,29-30H,1-14,23-26H2,(H2,35,37)(H2,36,38);2*1H. The number of hydrogen-bond acceptors (Lipinski definition) is 4. The van der Waals surface area contributed by atoms with E-state index in [0.29, 0.717) is 23.8 Å². The highest BCUT2D eigenvalue weighted by Crippen LogP contribution is 2.24. The number of anilines is 2. The number of aliphatic imine (C=N–C) groups is 2. The molecule has 2 aliphatic carbocycles. The van der Waals surface area contributed by atoms with Crippen molar-refractivity contribution in [3.8, 4) is 0 Å². The van der Waals surface area contributed by atoms with E-state index in [0.717, 1.165) is 37.3 Å². The first kappa shape index (κ1) is 34.1. The van der Waals surface area contributed by atoms with Gasteiger partial charge in [0.2, 0.25) is 0 Å². The Labute approximate surface area is 266 Å². The molecule has 2 aromatic rings. The number of nitrogens with zero attached hydrogens (tertiary/aromatic N) is 4. The summed E-state index contributed by atoms with van der Waals surface area (Å²) < 4.78 is 0. The van der Waals surface area contributed by atoms with Crippen molar-refractivity contribution in [2.45, 2.75) is 102 Å². The quantitative estimate of drug-likeness (QED) is 0.261. The smallest absolute Gasteiger partial charge is 0.125 e. The molecule has 3 fully saturated rings. The van der Waals surface area contributed by atoms with Crippen LogP contribution in [-0.2, 0) is 0 Å². The highest BCUT2D eigenvalue weighted by molar-refractivity contribution is 5.98. The van der Waals surface area contributed by atoms with Crippen LogP contribution >= 0.6 is 24.8 Å². The number of piperazine rings is 1. The zero-order chi connectivity index (χ0) is 27.6. The number of halogens is 2. The van der Waals surface area contributed by atoms with E-state index in [2.05, 4.69) is 58.3 Å². The third kappa shape index (κ3) is 9.80. The van der Waals surface area contributed by atoms with Crippen molar-refractivity contribution in [2.24, 2.45) is 21.5 Å². The molecule has 8 heteroatoms. The Morgan fingerprint density at radius 2 is 0.762 bits per heavy atom. The van der Waals surface area contributed by atoms with Crippen molar-refractivity contribution in [3.05, 3.63) is 59.7 Å².